The molecule has 36 heavy (non-hydrogen) atoms. The van der Waals surface area contributed by atoms with Crippen LogP contribution in [0.1, 0.15) is 15.9 Å². The number of rotatable bonds is 6. The van der Waals surface area contributed by atoms with Crippen molar-refractivity contribution in [2.45, 2.75) is 12.3 Å². The third-order valence-electron chi connectivity index (χ3n) is 6.21. The number of aromatic nitrogens is 2. The molecule has 5 rings (SSSR count). The molecule has 8 nitrogen and oxygen atoms in total. The minimum absolute atomic E-state index is 0.0571. The van der Waals surface area contributed by atoms with Crippen molar-refractivity contribution in [3.05, 3.63) is 78.1 Å². The van der Waals surface area contributed by atoms with Gasteiger partial charge >= 0.3 is 6.18 Å². The van der Waals surface area contributed by atoms with E-state index in [1.165, 1.54) is 17.0 Å². The fourth-order valence-corrected chi connectivity index (χ4v) is 4.04. The minimum atomic E-state index is -4.44. The predicted molar refractivity (Wildman–Crippen MR) is 125 cm³/mol. The van der Waals surface area contributed by atoms with Gasteiger partial charge in [0.05, 0.1) is 42.7 Å². The molecule has 11 heteroatoms. The van der Waals surface area contributed by atoms with Crippen molar-refractivity contribution in [1.29, 1.82) is 0 Å². The maximum atomic E-state index is 12.7. The van der Waals surface area contributed by atoms with Crippen LogP contribution in [-0.4, -0.2) is 59.2 Å². The summed E-state index contributed by atoms with van der Waals surface area (Å²) < 4.78 is 43.9. The Balaban J connectivity index is 1.06. The summed E-state index contributed by atoms with van der Waals surface area (Å²) in [6, 6.07) is 13.0. The van der Waals surface area contributed by atoms with Gasteiger partial charge in [-0.15, -0.1) is 0 Å². The first kappa shape index (κ1) is 23.6. The molecule has 2 aliphatic rings. The van der Waals surface area contributed by atoms with E-state index in [2.05, 4.69) is 20.4 Å². The van der Waals surface area contributed by atoms with E-state index in [9.17, 15) is 22.8 Å². The lowest BCUT2D eigenvalue weighted by Gasteiger charge is -2.39. The molecule has 2 aromatic carbocycles. The summed E-state index contributed by atoms with van der Waals surface area (Å²) in [4.78, 5) is 28.5. The molecule has 2 fully saturated rings. The Hall–Kier alpha value is -4.15. The van der Waals surface area contributed by atoms with Crippen molar-refractivity contribution < 1.29 is 27.5 Å². The molecule has 0 radical (unpaired) electrons. The summed E-state index contributed by atoms with van der Waals surface area (Å²) in [5.41, 5.74) is 1.00. The standard InChI is InChI=1S/C25H22F3N5O3/c26-25(27,28)18-3-1-16(2-4-18)24(35)33-14-22(15-33)36-21-7-5-19(6-8-21)31-23(34)17-12-32(13-17)20-9-10-29-30-11-20/h1-11,17,22H,12-15H2,(H,31,34). The number of carbonyl (C=O) groups is 2. The highest BCUT2D eigenvalue weighted by molar-refractivity contribution is 5.95. The molecule has 1 aromatic heterocycles. The van der Waals surface area contributed by atoms with Crippen LogP contribution >= 0.6 is 0 Å². The lowest BCUT2D eigenvalue weighted by atomic mass is 9.98. The second kappa shape index (κ2) is 9.48. The zero-order chi connectivity index (χ0) is 25.3. The number of carbonyl (C=O) groups excluding carboxylic acids is 2. The summed E-state index contributed by atoms with van der Waals surface area (Å²) >= 11 is 0. The van der Waals surface area contributed by atoms with Crippen molar-refractivity contribution in [3.63, 3.8) is 0 Å². The van der Waals surface area contributed by atoms with Crippen LogP contribution in [0.25, 0.3) is 0 Å². The van der Waals surface area contributed by atoms with Crippen molar-refractivity contribution in [2.75, 3.05) is 36.4 Å². The molecule has 186 valence electrons. The Kier molecular flexibility index (Phi) is 6.21. The molecule has 1 N–H and O–H groups in total. The van der Waals surface area contributed by atoms with Crippen LogP contribution in [-0.2, 0) is 11.0 Å². The molecular weight excluding hydrogens is 475 g/mol. The van der Waals surface area contributed by atoms with E-state index >= 15 is 0 Å². The molecule has 0 atom stereocenters. The van der Waals surface area contributed by atoms with Gasteiger partial charge in [0.25, 0.3) is 5.91 Å². The van der Waals surface area contributed by atoms with Gasteiger partial charge in [-0.05, 0) is 54.6 Å². The summed E-state index contributed by atoms with van der Waals surface area (Å²) in [5.74, 6) is 0.0895. The Morgan fingerprint density at radius 1 is 0.917 bits per heavy atom. The third kappa shape index (κ3) is 5.09. The first-order valence-corrected chi connectivity index (χ1v) is 11.3. The van der Waals surface area contributed by atoms with Crippen LogP contribution in [0, 0.1) is 5.92 Å². The highest BCUT2D eigenvalue weighted by Gasteiger charge is 2.35. The average Bonchev–Trinajstić information content (AvgIpc) is 2.81. The van der Waals surface area contributed by atoms with E-state index in [0.717, 1.165) is 17.8 Å². The maximum absolute atomic E-state index is 12.7. The minimum Gasteiger partial charge on any atom is -0.487 e. The smallest absolute Gasteiger partial charge is 0.416 e. The van der Waals surface area contributed by atoms with Crippen LogP contribution in [0.15, 0.2) is 67.0 Å². The van der Waals surface area contributed by atoms with E-state index in [0.29, 0.717) is 37.6 Å². The topological polar surface area (TPSA) is 87.7 Å². The Morgan fingerprint density at radius 3 is 2.22 bits per heavy atom. The molecule has 2 aliphatic heterocycles. The van der Waals surface area contributed by atoms with Crippen molar-refractivity contribution >= 4 is 23.2 Å². The molecule has 0 unspecified atom stereocenters. The van der Waals surface area contributed by atoms with E-state index in [1.54, 1.807) is 36.7 Å². The van der Waals surface area contributed by atoms with E-state index in [4.69, 9.17) is 4.74 Å². The number of alkyl halides is 3. The van der Waals surface area contributed by atoms with Gasteiger partial charge in [0.1, 0.15) is 11.9 Å². The van der Waals surface area contributed by atoms with Gasteiger partial charge in [-0.3, -0.25) is 9.59 Å². The van der Waals surface area contributed by atoms with Crippen LogP contribution in [0.4, 0.5) is 24.5 Å². The molecule has 3 heterocycles. The largest absolute Gasteiger partial charge is 0.487 e. The number of nitrogens with one attached hydrogen (secondary N) is 1. The summed E-state index contributed by atoms with van der Waals surface area (Å²) in [5, 5.41) is 10.5. The second-order valence-corrected chi connectivity index (χ2v) is 8.74. The summed E-state index contributed by atoms with van der Waals surface area (Å²) in [6.45, 7) is 1.90. The number of anilines is 2. The van der Waals surface area contributed by atoms with Crippen molar-refractivity contribution in [3.8, 4) is 5.75 Å². The molecule has 0 saturated carbocycles. The van der Waals surface area contributed by atoms with E-state index < -0.39 is 11.7 Å². The summed E-state index contributed by atoms with van der Waals surface area (Å²) in [6.07, 6.45) is -1.37. The lowest BCUT2D eigenvalue weighted by molar-refractivity contribution is -0.137. The number of ether oxygens (including phenoxy) is 1. The Morgan fingerprint density at radius 2 is 1.61 bits per heavy atom. The second-order valence-electron chi connectivity index (χ2n) is 8.74. The van der Waals surface area contributed by atoms with Gasteiger partial charge in [0.15, 0.2) is 0 Å². The van der Waals surface area contributed by atoms with E-state index in [-0.39, 0.29) is 29.4 Å². The number of halogens is 3. The molecule has 0 aliphatic carbocycles. The Labute approximate surface area is 204 Å². The maximum Gasteiger partial charge on any atom is 0.416 e. The van der Waals surface area contributed by atoms with Gasteiger partial charge in [0, 0.05) is 24.3 Å². The zero-order valence-electron chi connectivity index (χ0n) is 19.0. The van der Waals surface area contributed by atoms with Gasteiger partial charge in [-0.2, -0.15) is 23.4 Å². The number of hydrogen-bond donors (Lipinski definition) is 1. The number of hydrogen-bond acceptors (Lipinski definition) is 6. The molecule has 2 amide bonds. The monoisotopic (exact) mass is 497 g/mol. The fraction of sp³-hybridized carbons (Fsp3) is 0.280. The Bertz CT molecular complexity index is 1220. The highest BCUT2D eigenvalue weighted by Crippen LogP contribution is 2.30. The van der Waals surface area contributed by atoms with Crippen LogP contribution in [0.2, 0.25) is 0 Å². The van der Waals surface area contributed by atoms with Gasteiger partial charge in [-0.25, -0.2) is 0 Å². The lowest BCUT2D eigenvalue weighted by Crippen LogP contribution is -2.56. The third-order valence-corrected chi connectivity index (χ3v) is 6.21. The first-order chi connectivity index (χ1) is 17.3. The molecule has 3 aromatic rings. The van der Waals surface area contributed by atoms with Gasteiger partial charge in [0.2, 0.25) is 5.91 Å². The predicted octanol–water partition coefficient (Wildman–Crippen LogP) is 3.47. The first-order valence-electron chi connectivity index (χ1n) is 11.3. The molecular formula is C25H22F3N5O3. The quantitative estimate of drug-likeness (QED) is 0.561. The molecule has 0 bridgehead atoms. The van der Waals surface area contributed by atoms with Gasteiger partial charge < -0.3 is 19.9 Å². The molecule has 2 saturated heterocycles. The fourth-order valence-electron chi connectivity index (χ4n) is 4.04. The average molecular weight is 497 g/mol. The van der Waals surface area contributed by atoms with E-state index in [1.807, 2.05) is 6.07 Å². The highest BCUT2D eigenvalue weighted by atomic mass is 19.4. The van der Waals surface area contributed by atoms with Gasteiger partial charge in [-0.1, -0.05) is 0 Å². The van der Waals surface area contributed by atoms with Crippen LogP contribution in [0.3, 0.4) is 0 Å². The van der Waals surface area contributed by atoms with Crippen molar-refractivity contribution in [1.82, 2.24) is 15.1 Å². The summed E-state index contributed by atoms with van der Waals surface area (Å²) in [7, 11) is 0. The normalized spacial score (nSPS) is 16.2. The van der Waals surface area contributed by atoms with Crippen LogP contribution in [0.5, 0.6) is 5.75 Å². The number of likely N-dealkylation sites (tertiary alicyclic amines) is 1. The number of amides is 2. The number of benzene rings is 2. The van der Waals surface area contributed by atoms with Crippen LogP contribution < -0.4 is 15.0 Å². The molecule has 0 spiro atoms. The number of nitrogens with zero attached hydrogens (tertiary/aromatic N) is 4. The SMILES string of the molecule is O=C(Nc1ccc(OC2CN(C(=O)c3ccc(C(F)(F)F)cc3)C2)cc1)C1CN(c2ccnnc2)C1. The van der Waals surface area contributed by atoms with Crippen molar-refractivity contribution in [2.24, 2.45) is 5.92 Å². The zero-order valence-corrected chi connectivity index (χ0v) is 19.0.